The molecule has 3 aromatic rings. The number of H-pyrrole nitrogens is 1. The van der Waals surface area contributed by atoms with E-state index in [1.165, 1.54) is 34.4 Å². The highest BCUT2D eigenvalue weighted by molar-refractivity contribution is 7.99. The normalized spacial score (nSPS) is 14.5. The van der Waals surface area contributed by atoms with Crippen LogP contribution in [0.4, 0.5) is 5.69 Å². The number of rotatable bonds is 8. The second-order valence-electron chi connectivity index (χ2n) is 7.44. The van der Waals surface area contributed by atoms with Crippen molar-refractivity contribution in [1.82, 2.24) is 20.1 Å². The fourth-order valence-electron chi connectivity index (χ4n) is 3.43. The fraction of sp³-hybridized carbons (Fsp3) is 0.348. The Morgan fingerprint density at radius 2 is 1.97 bits per heavy atom. The van der Waals surface area contributed by atoms with Gasteiger partial charge in [0.25, 0.3) is 0 Å². The first-order valence-corrected chi connectivity index (χ1v) is 12.7. The van der Waals surface area contributed by atoms with Crippen LogP contribution in [0.25, 0.3) is 11.4 Å². The van der Waals surface area contributed by atoms with E-state index in [2.05, 4.69) is 56.6 Å². The van der Waals surface area contributed by atoms with Gasteiger partial charge < -0.3 is 5.32 Å². The maximum absolute atomic E-state index is 12.4. The number of anilines is 1. The average Bonchev–Trinajstić information content (AvgIpc) is 3.28. The molecular weight excluding hydrogens is 426 g/mol. The predicted octanol–water partition coefficient (Wildman–Crippen LogP) is 4.31. The van der Waals surface area contributed by atoms with E-state index in [9.17, 15) is 4.79 Å². The van der Waals surface area contributed by atoms with Crippen LogP contribution < -0.4 is 5.32 Å². The van der Waals surface area contributed by atoms with Crippen LogP contribution in [0, 0.1) is 0 Å². The zero-order chi connectivity index (χ0) is 21.5. The number of nitrogens with zero attached hydrogens (tertiary/aromatic N) is 3. The van der Waals surface area contributed by atoms with Gasteiger partial charge in [0.1, 0.15) is 0 Å². The van der Waals surface area contributed by atoms with E-state index in [0.29, 0.717) is 5.16 Å². The van der Waals surface area contributed by atoms with Crippen molar-refractivity contribution in [3.63, 3.8) is 0 Å². The summed E-state index contributed by atoms with van der Waals surface area (Å²) >= 11 is 3.34. The van der Waals surface area contributed by atoms with Crippen LogP contribution in [-0.2, 0) is 17.8 Å². The highest BCUT2D eigenvalue weighted by atomic mass is 32.2. The van der Waals surface area contributed by atoms with Gasteiger partial charge in [0.15, 0.2) is 5.82 Å². The van der Waals surface area contributed by atoms with E-state index in [-0.39, 0.29) is 11.7 Å². The van der Waals surface area contributed by atoms with Crippen LogP contribution in [0.1, 0.15) is 18.1 Å². The molecule has 4 rings (SSSR count). The molecular formula is C23H27N5OS2. The molecule has 0 unspecified atom stereocenters. The predicted molar refractivity (Wildman–Crippen MR) is 130 cm³/mol. The summed E-state index contributed by atoms with van der Waals surface area (Å²) in [4.78, 5) is 19.4. The standard InChI is InChI=1S/C23H27N5OS2/c1-2-17-6-8-19(9-7-17)22-25-23(27-26-22)31-16-21(29)24-20-5-3-4-18(14-20)15-28-10-12-30-13-11-28/h3-9,14H,2,10-13,15-16H2,1H3,(H,24,29)(H,25,26,27). The summed E-state index contributed by atoms with van der Waals surface area (Å²) in [5.74, 6) is 3.31. The minimum atomic E-state index is -0.0600. The largest absolute Gasteiger partial charge is 0.325 e. The molecule has 1 saturated heterocycles. The first-order valence-electron chi connectivity index (χ1n) is 10.5. The van der Waals surface area contributed by atoms with Gasteiger partial charge in [-0.1, -0.05) is 55.1 Å². The molecule has 2 aromatic carbocycles. The van der Waals surface area contributed by atoms with Gasteiger partial charge in [0.05, 0.1) is 5.75 Å². The van der Waals surface area contributed by atoms with Crippen molar-refractivity contribution in [3.8, 4) is 11.4 Å². The van der Waals surface area contributed by atoms with E-state index in [1.807, 2.05) is 36.0 Å². The summed E-state index contributed by atoms with van der Waals surface area (Å²) in [5, 5.41) is 10.8. The van der Waals surface area contributed by atoms with Crippen molar-refractivity contribution in [2.75, 3.05) is 35.7 Å². The molecule has 6 nitrogen and oxygen atoms in total. The number of thioether (sulfide) groups is 2. The Labute approximate surface area is 191 Å². The van der Waals surface area contributed by atoms with E-state index in [0.717, 1.165) is 43.1 Å². The lowest BCUT2D eigenvalue weighted by atomic mass is 10.1. The molecule has 0 aliphatic carbocycles. The molecule has 0 saturated carbocycles. The van der Waals surface area contributed by atoms with Gasteiger partial charge in [-0.15, -0.1) is 5.10 Å². The summed E-state index contributed by atoms with van der Waals surface area (Å²) in [6, 6.07) is 16.4. The number of hydrogen-bond donors (Lipinski definition) is 2. The van der Waals surface area contributed by atoms with Gasteiger partial charge >= 0.3 is 0 Å². The number of carbonyl (C=O) groups is 1. The third kappa shape index (κ3) is 6.35. The average molecular weight is 454 g/mol. The fourth-order valence-corrected chi connectivity index (χ4v) is 5.01. The number of nitrogens with one attached hydrogen (secondary N) is 2. The molecule has 0 atom stereocenters. The van der Waals surface area contributed by atoms with Gasteiger partial charge in [0, 0.05) is 42.4 Å². The zero-order valence-electron chi connectivity index (χ0n) is 17.6. The van der Waals surface area contributed by atoms with Crippen LogP contribution >= 0.6 is 23.5 Å². The Balaban J connectivity index is 1.28. The van der Waals surface area contributed by atoms with Crippen molar-refractivity contribution in [2.45, 2.75) is 25.0 Å². The molecule has 0 spiro atoms. The van der Waals surface area contributed by atoms with E-state index in [4.69, 9.17) is 0 Å². The minimum absolute atomic E-state index is 0.0600. The third-order valence-electron chi connectivity index (χ3n) is 5.15. The zero-order valence-corrected chi connectivity index (χ0v) is 19.3. The first kappa shape index (κ1) is 21.9. The smallest absolute Gasteiger partial charge is 0.234 e. The third-order valence-corrected chi connectivity index (χ3v) is 6.94. The Bertz CT molecular complexity index is 999. The van der Waals surface area contributed by atoms with Crippen molar-refractivity contribution >= 4 is 35.1 Å². The topological polar surface area (TPSA) is 73.9 Å². The number of benzene rings is 2. The molecule has 1 aliphatic rings. The van der Waals surface area contributed by atoms with Crippen molar-refractivity contribution in [3.05, 3.63) is 59.7 Å². The molecule has 1 amide bonds. The Kier molecular flexibility index (Phi) is 7.66. The van der Waals surface area contributed by atoms with Crippen LogP contribution in [0.15, 0.2) is 53.7 Å². The maximum atomic E-state index is 12.4. The number of amides is 1. The number of aromatic nitrogens is 3. The molecule has 1 fully saturated rings. The molecule has 0 radical (unpaired) electrons. The van der Waals surface area contributed by atoms with Crippen LogP contribution in [-0.4, -0.2) is 56.3 Å². The number of aryl methyl sites for hydroxylation is 1. The van der Waals surface area contributed by atoms with Gasteiger partial charge in [-0.3, -0.25) is 14.8 Å². The SMILES string of the molecule is CCc1ccc(-c2nc(SCC(=O)Nc3cccc(CN4CCSCC4)c3)n[nH]2)cc1. The van der Waals surface area contributed by atoms with E-state index >= 15 is 0 Å². The Morgan fingerprint density at radius 1 is 1.16 bits per heavy atom. The van der Waals surface area contributed by atoms with E-state index in [1.54, 1.807) is 0 Å². The van der Waals surface area contributed by atoms with Gasteiger partial charge in [0.2, 0.25) is 11.1 Å². The molecule has 0 bridgehead atoms. The number of hydrogen-bond acceptors (Lipinski definition) is 6. The summed E-state index contributed by atoms with van der Waals surface area (Å²) in [6.07, 6.45) is 1.01. The minimum Gasteiger partial charge on any atom is -0.325 e. The summed E-state index contributed by atoms with van der Waals surface area (Å²) < 4.78 is 0. The molecule has 162 valence electrons. The number of carbonyl (C=O) groups excluding carboxylic acids is 1. The van der Waals surface area contributed by atoms with Crippen LogP contribution in [0.3, 0.4) is 0 Å². The quantitative estimate of drug-likeness (QED) is 0.495. The van der Waals surface area contributed by atoms with Gasteiger partial charge in [-0.25, -0.2) is 4.98 Å². The summed E-state index contributed by atoms with van der Waals surface area (Å²) in [7, 11) is 0. The lowest BCUT2D eigenvalue weighted by Crippen LogP contribution is -2.31. The van der Waals surface area contributed by atoms with Crippen molar-refractivity contribution in [1.29, 1.82) is 0 Å². The lowest BCUT2D eigenvalue weighted by Gasteiger charge is -2.26. The van der Waals surface area contributed by atoms with Crippen molar-refractivity contribution < 1.29 is 4.79 Å². The molecule has 8 heteroatoms. The van der Waals surface area contributed by atoms with Gasteiger partial charge in [-0.2, -0.15) is 11.8 Å². The van der Waals surface area contributed by atoms with Crippen LogP contribution in [0.5, 0.6) is 0 Å². The van der Waals surface area contributed by atoms with E-state index < -0.39 is 0 Å². The summed E-state index contributed by atoms with van der Waals surface area (Å²) in [6.45, 7) is 5.31. The maximum Gasteiger partial charge on any atom is 0.234 e. The molecule has 1 aliphatic heterocycles. The Hall–Kier alpha value is -2.29. The first-order chi connectivity index (χ1) is 15.2. The summed E-state index contributed by atoms with van der Waals surface area (Å²) in [5.41, 5.74) is 4.34. The monoisotopic (exact) mass is 453 g/mol. The molecule has 1 aromatic heterocycles. The molecule has 2 N–H and O–H groups in total. The Morgan fingerprint density at radius 3 is 2.74 bits per heavy atom. The van der Waals surface area contributed by atoms with Gasteiger partial charge in [-0.05, 0) is 29.7 Å². The highest BCUT2D eigenvalue weighted by Crippen LogP contribution is 2.21. The molecule has 31 heavy (non-hydrogen) atoms. The number of aromatic amines is 1. The second kappa shape index (κ2) is 10.8. The lowest BCUT2D eigenvalue weighted by molar-refractivity contribution is -0.113. The van der Waals surface area contributed by atoms with Crippen LogP contribution in [0.2, 0.25) is 0 Å². The molecule has 2 heterocycles. The van der Waals surface area contributed by atoms with Crippen molar-refractivity contribution in [2.24, 2.45) is 0 Å². The second-order valence-corrected chi connectivity index (χ2v) is 9.61. The highest BCUT2D eigenvalue weighted by Gasteiger charge is 2.12.